The summed E-state index contributed by atoms with van der Waals surface area (Å²) in [6.07, 6.45) is 4.52. The summed E-state index contributed by atoms with van der Waals surface area (Å²) in [6, 6.07) is 8.13. The second kappa shape index (κ2) is 8.38. The predicted octanol–water partition coefficient (Wildman–Crippen LogP) is 3.10. The van der Waals surface area contributed by atoms with Gasteiger partial charge in [-0.2, -0.15) is 0 Å². The van der Waals surface area contributed by atoms with Crippen molar-refractivity contribution in [1.82, 2.24) is 4.90 Å². The first kappa shape index (κ1) is 21.8. The third kappa shape index (κ3) is 3.43. The minimum Gasteiger partial charge on any atom is -0.495 e. The molecule has 32 heavy (non-hydrogen) atoms. The summed E-state index contributed by atoms with van der Waals surface area (Å²) < 4.78 is 11.4. The molecule has 1 aromatic carbocycles. The summed E-state index contributed by atoms with van der Waals surface area (Å²) in [5, 5.41) is 11.6. The Hall–Kier alpha value is -2.05. The summed E-state index contributed by atoms with van der Waals surface area (Å²) in [7, 11) is 1.71. The maximum Gasteiger partial charge on any atom is 0.311 e. The van der Waals surface area contributed by atoms with E-state index in [1.54, 1.807) is 7.11 Å². The zero-order chi connectivity index (χ0) is 22.5. The van der Waals surface area contributed by atoms with Crippen molar-refractivity contribution in [1.29, 1.82) is 0 Å². The molecule has 0 aromatic heterocycles. The molecular weight excluding hydrogens is 404 g/mol. The Kier molecular flexibility index (Phi) is 5.70. The van der Waals surface area contributed by atoms with Crippen LogP contribution in [0.25, 0.3) is 0 Å². The number of aliphatic hydroxyl groups is 1. The molecule has 6 heteroatoms. The Labute approximate surface area is 191 Å². The number of carbonyl (C=O) groups is 1. The molecule has 6 unspecified atom stereocenters. The zero-order valence-electron chi connectivity index (χ0n) is 19.5. The van der Waals surface area contributed by atoms with Crippen molar-refractivity contribution in [3.63, 3.8) is 0 Å². The molecule has 1 saturated carbocycles. The molecule has 2 saturated heterocycles. The largest absolute Gasteiger partial charge is 0.495 e. The number of anilines is 1. The van der Waals surface area contributed by atoms with Crippen LogP contribution in [0.1, 0.15) is 33.1 Å². The van der Waals surface area contributed by atoms with Crippen molar-refractivity contribution in [2.45, 2.75) is 45.3 Å². The molecule has 0 spiro atoms. The smallest absolute Gasteiger partial charge is 0.311 e. The number of allylic oxidation sites excluding steroid dienone is 1. The van der Waals surface area contributed by atoms with E-state index in [1.165, 1.54) is 5.57 Å². The van der Waals surface area contributed by atoms with Crippen molar-refractivity contribution in [3.8, 4) is 5.75 Å². The van der Waals surface area contributed by atoms with Crippen LogP contribution in [-0.2, 0) is 9.53 Å². The van der Waals surface area contributed by atoms with Crippen molar-refractivity contribution >= 4 is 11.7 Å². The summed E-state index contributed by atoms with van der Waals surface area (Å²) in [4.78, 5) is 17.6. The molecule has 2 heterocycles. The monoisotopic (exact) mass is 440 g/mol. The molecule has 1 aromatic rings. The number of hydrogen-bond acceptors (Lipinski definition) is 6. The van der Waals surface area contributed by atoms with Gasteiger partial charge in [-0.25, -0.2) is 0 Å². The van der Waals surface area contributed by atoms with Gasteiger partial charge in [0, 0.05) is 50.5 Å². The summed E-state index contributed by atoms with van der Waals surface area (Å²) >= 11 is 0. The van der Waals surface area contributed by atoms with Crippen LogP contribution in [0.4, 0.5) is 5.69 Å². The van der Waals surface area contributed by atoms with Crippen LogP contribution >= 0.6 is 0 Å². The highest BCUT2D eigenvalue weighted by Gasteiger charge is 2.59. The van der Waals surface area contributed by atoms with Gasteiger partial charge >= 0.3 is 5.97 Å². The van der Waals surface area contributed by atoms with Crippen molar-refractivity contribution < 1.29 is 19.4 Å². The average Bonchev–Trinajstić information content (AvgIpc) is 3.11. The number of ether oxygens (including phenoxy) is 2. The number of rotatable bonds is 4. The summed E-state index contributed by atoms with van der Waals surface area (Å²) in [6.45, 7) is 8.67. The van der Waals surface area contributed by atoms with Crippen LogP contribution in [0.15, 0.2) is 35.9 Å². The van der Waals surface area contributed by atoms with Gasteiger partial charge in [-0.1, -0.05) is 37.6 Å². The highest BCUT2D eigenvalue weighted by molar-refractivity contribution is 5.76. The van der Waals surface area contributed by atoms with Gasteiger partial charge in [0.15, 0.2) is 0 Å². The summed E-state index contributed by atoms with van der Waals surface area (Å²) in [5.74, 6) is 0.825. The van der Waals surface area contributed by atoms with Crippen LogP contribution in [0, 0.1) is 23.2 Å². The number of hydrogen-bond donors (Lipinski definition) is 1. The lowest BCUT2D eigenvalue weighted by molar-refractivity contribution is -0.145. The third-order valence-electron chi connectivity index (χ3n) is 8.82. The molecule has 1 N–H and O–H groups in total. The SMILES string of the molecule is COc1ccccc1N1CCN(CC2C(=O)OC3CC4=CCCC(C)C4(C)C(O)C32)CC1. The Balaban J connectivity index is 1.28. The van der Waals surface area contributed by atoms with Crippen LogP contribution in [0.3, 0.4) is 0 Å². The predicted molar refractivity (Wildman–Crippen MR) is 124 cm³/mol. The number of fused-ring (bicyclic) bond motifs is 2. The zero-order valence-corrected chi connectivity index (χ0v) is 19.5. The lowest BCUT2D eigenvalue weighted by Gasteiger charge is -2.52. The van der Waals surface area contributed by atoms with E-state index in [1.807, 2.05) is 18.2 Å². The number of aliphatic hydroxyl groups excluding tert-OH is 1. The number of carbonyl (C=O) groups excluding carboxylic acids is 1. The number of piperazine rings is 1. The fourth-order valence-corrected chi connectivity index (χ4v) is 6.61. The van der Waals surface area contributed by atoms with Gasteiger partial charge in [0.2, 0.25) is 0 Å². The third-order valence-corrected chi connectivity index (χ3v) is 8.82. The molecular formula is C26H36N2O4. The van der Waals surface area contributed by atoms with Gasteiger partial charge in [0.1, 0.15) is 11.9 Å². The molecule has 2 aliphatic carbocycles. The maximum atomic E-state index is 12.9. The Bertz CT molecular complexity index is 894. The molecule has 0 radical (unpaired) electrons. The van der Waals surface area contributed by atoms with Crippen LogP contribution < -0.4 is 9.64 Å². The first-order chi connectivity index (χ1) is 15.4. The lowest BCUT2D eigenvalue weighted by Crippen LogP contribution is -2.55. The Morgan fingerprint density at radius 1 is 1.22 bits per heavy atom. The topological polar surface area (TPSA) is 62.2 Å². The Morgan fingerprint density at radius 2 is 1.97 bits per heavy atom. The highest BCUT2D eigenvalue weighted by atomic mass is 16.6. The second-order valence-electron chi connectivity index (χ2n) is 10.3. The van der Waals surface area contributed by atoms with Crippen LogP contribution in [0.2, 0.25) is 0 Å². The lowest BCUT2D eigenvalue weighted by atomic mass is 9.55. The first-order valence-electron chi connectivity index (χ1n) is 12.1. The normalized spacial score (nSPS) is 37.4. The van der Waals surface area contributed by atoms with E-state index in [4.69, 9.17) is 9.47 Å². The number of nitrogens with zero attached hydrogens (tertiary/aromatic N) is 2. The second-order valence-corrected chi connectivity index (χ2v) is 10.3. The number of methoxy groups -OCH3 is 1. The van der Waals surface area contributed by atoms with E-state index >= 15 is 0 Å². The van der Waals surface area contributed by atoms with Crippen LogP contribution in [0.5, 0.6) is 5.75 Å². The molecule has 2 aliphatic heterocycles. The number of benzene rings is 1. The molecule has 6 nitrogen and oxygen atoms in total. The molecule has 0 bridgehead atoms. The van der Waals surface area contributed by atoms with Crippen LogP contribution in [-0.4, -0.2) is 68.0 Å². The van der Waals surface area contributed by atoms with E-state index in [0.29, 0.717) is 12.5 Å². The number of esters is 1. The molecule has 174 valence electrons. The van der Waals surface area contributed by atoms with E-state index in [9.17, 15) is 9.90 Å². The van der Waals surface area contributed by atoms with Gasteiger partial charge in [-0.15, -0.1) is 0 Å². The standard InChI is InChI=1S/C26H36N2O4/c1-17-7-6-8-18-15-22-23(24(29)26(17,18)2)19(25(30)32-22)16-27-11-13-28(14-12-27)20-9-4-5-10-21(20)31-3/h4-5,8-10,17,19,22-24,29H,6-7,11-16H2,1-3H3. The van der Waals surface area contributed by atoms with Crippen molar-refractivity contribution in [2.24, 2.45) is 23.2 Å². The van der Waals surface area contributed by atoms with E-state index < -0.39 is 6.10 Å². The van der Waals surface area contributed by atoms with Gasteiger partial charge < -0.3 is 19.5 Å². The van der Waals surface area contributed by atoms with E-state index in [2.05, 4.69) is 35.8 Å². The molecule has 5 rings (SSSR count). The minimum absolute atomic E-state index is 0.113. The first-order valence-corrected chi connectivity index (χ1v) is 12.1. The maximum absolute atomic E-state index is 12.9. The average molecular weight is 441 g/mol. The van der Waals surface area contributed by atoms with E-state index in [-0.39, 0.29) is 29.3 Å². The fraction of sp³-hybridized carbons (Fsp3) is 0.654. The molecule has 6 atom stereocenters. The molecule has 4 aliphatic rings. The minimum atomic E-state index is -0.533. The van der Waals surface area contributed by atoms with Gasteiger partial charge in [-0.3, -0.25) is 9.69 Å². The number of para-hydroxylation sites is 2. The van der Waals surface area contributed by atoms with Crippen molar-refractivity contribution in [3.05, 3.63) is 35.9 Å². The Morgan fingerprint density at radius 3 is 2.72 bits per heavy atom. The van der Waals surface area contributed by atoms with Crippen molar-refractivity contribution in [2.75, 3.05) is 44.7 Å². The van der Waals surface area contributed by atoms with Gasteiger partial charge in [-0.05, 0) is 30.9 Å². The quantitative estimate of drug-likeness (QED) is 0.574. The van der Waals surface area contributed by atoms with Gasteiger partial charge in [0.05, 0.1) is 24.8 Å². The fourth-order valence-electron chi connectivity index (χ4n) is 6.61. The highest BCUT2D eigenvalue weighted by Crippen LogP contribution is 2.56. The van der Waals surface area contributed by atoms with Gasteiger partial charge in [0.25, 0.3) is 0 Å². The molecule has 0 amide bonds. The van der Waals surface area contributed by atoms with E-state index in [0.717, 1.165) is 56.9 Å². The molecule has 3 fully saturated rings. The summed E-state index contributed by atoms with van der Waals surface area (Å²) in [5.41, 5.74) is 2.17.